The fourth-order valence-electron chi connectivity index (χ4n) is 1.44. The molecule has 1 atom stereocenters. The van der Waals surface area contributed by atoms with Crippen molar-refractivity contribution in [3.05, 3.63) is 29.8 Å². The van der Waals surface area contributed by atoms with Gasteiger partial charge in [-0.3, -0.25) is 0 Å². The van der Waals surface area contributed by atoms with E-state index in [4.69, 9.17) is 5.11 Å². The van der Waals surface area contributed by atoms with Gasteiger partial charge in [0.1, 0.15) is 0 Å². The Balaban J connectivity index is 2.37. The summed E-state index contributed by atoms with van der Waals surface area (Å²) in [4.78, 5) is 12.7. The molecule has 0 heterocycles. The van der Waals surface area contributed by atoms with Gasteiger partial charge in [-0.05, 0) is 30.4 Å². The highest BCUT2D eigenvalue weighted by Crippen LogP contribution is 2.14. The number of nitrogens with one attached hydrogen (secondary N) is 2. The molecule has 2 amide bonds. The van der Waals surface area contributed by atoms with Gasteiger partial charge in [0.05, 0.1) is 12.6 Å². The average molecular weight is 268 g/mol. The van der Waals surface area contributed by atoms with Gasteiger partial charge in [-0.25, -0.2) is 4.79 Å². The largest absolute Gasteiger partial charge is 0.394 e. The predicted octanol–water partition coefficient (Wildman–Crippen LogP) is 1.98. The molecule has 0 bridgehead atoms. The van der Waals surface area contributed by atoms with Gasteiger partial charge in [0.2, 0.25) is 0 Å². The van der Waals surface area contributed by atoms with Gasteiger partial charge < -0.3 is 15.7 Å². The molecule has 0 spiro atoms. The normalized spacial score (nSPS) is 11.9. The monoisotopic (exact) mass is 268 g/mol. The van der Waals surface area contributed by atoms with Gasteiger partial charge >= 0.3 is 6.03 Å². The van der Waals surface area contributed by atoms with Crippen molar-refractivity contribution >= 4 is 17.8 Å². The van der Waals surface area contributed by atoms with Crippen LogP contribution >= 0.6 is 11.8 Å². The van der Waals surface area contributed by atoms with Crippen LogP contribution in [0.2, 0.25) is 0 Å². The third-order valence-corrected chi connectivity index (χ3v) is 3.40. The Hall–Kier alpha value is -1.20. The van der Waals surface area contributed by atoms with E-state index in [1.165, 1.54) is 4.90 Å². The molecule has 0 saturated carbocycles. The molecule has 3 N–H and O–H groups in total. The number of hydrogen-bond acceptors (Lipinski definition) is 3. The topological polar surface area (TPSA) is 61.4 Å². The first-order valence-corrected chi connectivity index (χ1v) is 7.20. The summed E-state index contributed by atoms with van der Waals surface area (Å²) in [5.74, 6) is 0. The zero-order valence-electron chi connectivity index (χ0n) is 10.8. The first-order valence-electron chi connectivity index (χ1n) is 5.97. The van der Waals surface area contributed by atoms with Crippen LogP contribution in [0.15, 0.2) is 29.2 Å². The van der Waals surface area contributed by atoms with Crippen molar-refractivity contribution in [2.75, 3.05) is 12.9 Å². The van der Waals surface area contributed by atoms with Crippen LogP contribution in [0, 0.1) is 0 Å². The van der Waals surface area contributed by atoms with Crippen LogP contribution in [0.4, 0.5) is 4.79 Å². The van der Waals surface area contributed by atoms with E-state index in [0.717, 1.165) is 5.56 Å². The summed E-state index contributed by atoms with van der Waals surface area (Å²) in [6, 6.07) is 7.63. The number of hydrogen-bond donors (Lipinski definition) is 3. The summed E-state index contributed by atoms with van der Waals surface area (Å²) >= 11 is 1.69. The number of aliphatic hydroxyl groups excluding tert-OH is 1. The van der Waals surface area contributed by atoms with Crippen LogP contribution in [0.25, 0.3) is 0 Å². The molecule has 0 aliphatic carbocycles. The van der Waals surface area contributed by atoms with Crippen molar-refractivity contribution in [2.45, 2.75) is 30.8 Å². The van der Waals surface area contributed by atoms with E-state index in [1.54, 1.807) is 11.8 Å². The van der Waals surface area contributed by atoms with Crippen molar-refractivity contribution in [3.63, 3.8) is 0 Å². The van der Waals surface area contributed by atoms with Gasteiger partial charge in [0, 0.05) is 11.4 Å². The summed E-state index contributed by atoms with van der Waals surface area (Å²) in [6.07, 6.45) is 2.74. The lowest BCUT2D eigenvalue weighted by Crippen LogP contribution is -2.43. The highest BCUT2D eigenvalue weighted by molar-refractivity contribution is 7.98. The molecule has 1 aromatic carbocycles. The van der Waals surface area contributed by atoms with E-state index < -0.39 is 0 Å². The van der Waals surface area contributed by atoms with Crippen LogP contribution < -0.4 is 10.6 Å². The molecule has 1 unspecified atom stereocenters. The number of rotatable bonds is 6. The van der Waals surface area contributed by atoms with Crippen LogP contribution in [-0.4, -0.2) is 30.0 Å². The molecule has 0 aliphatic rings. The molecule has 100 valence electrons. The first kappa shape index (κ1) is 14.9. The maximum absolute atomic E-state index is 11.5. The Bertz CT molecular complexity index is 364. The smallest absolute Gasteiger partial charge is 0.315 e. The molecule has 1 rings (SSSR count). The molecule has 18 heavy (non-hydrogen) atoms. The molecular formula is C13H20N2O2S. The minimum Gasteiger partial charge on any atom is -0.394 e. The number of benzene rings is 1. The number of carbonyl (C=O) groups excluding carboxylic acids is 1. The minimum absolute atomic E-state index is 0.0354. The molecular weight excluding hydrogens is 248 g/mol. The van der Waals surface area contributed by atoms with Crippen molar-refractivity contribution in [3.8, 4) is 0 Å². The molecule has 5 heteroatoms. The Kier molecular flexibility index (Phi) is 6.60. The fourth-order valence-corrected chi connectivity index (χ4v) is 1.85. The molecule has 0 aliphatic heterocycles. The second kappa shape index (κ2) is 8.00. The second-order valence-corrected chi connectivity index (χ2v) is 4.84. The van der Waals surface area contributed by atoms with Gasteiger partial charge in [-0.1, -0.05) is 19.1 Å². The number of thioether (sulfide) groups is 1. The molecule has 0 radical (unpaired) electrons. The highest BCUT2D eigenvalue weighted by Gasteiger charge is 2.08. The van der Waals surface area contributed by atoms with Crippen LogP contribution in [-0.2, 0) is 6.54 Å². The van der Waals surface area contributed by atoms with E-state index in [1.807, 2.05) is 37.4 Å². The lowest BCUT2D eigenvalue weighted by molar-refractivity contribution is 0.214. The van der Waals surface area contributed by atoms with Crippen molar-refractivity contribution < 1.29 is 9.90 Å². The third kappa shape index (κ3) is 4.98. The number of aliphatic hydroxyl groups is 1. The van der Waals surface area contributed by atoms with Crippen LogP contribution in [0.1, 0.15) is 18.9 Å². The number of urea groups is 1. The van der Waals surface area contributed by atoms with E-state index in [0.29, 0.717) is 13.0 Å². The summed E-state index contributed by atoms with van der Waals surface area (Å²) < 4.78 is 0. The SMILES string of the molecule is CCC(CO)NC(=O)NCc1ccc(SC)cc1. The minimum atomic E-state index is -0.246. The van der Waals surface area contributed by atoms with Crippen molar-refractivity contribution in [1.29, 1.82) is 0 Å². The van der Waals surface area contributed by atoms with Gasteiger partial charge in [-0.15, -0.1) is 11.8 Å². The van der Waals surface area contributed by atoms with E-state index in [9.17, 15) is 4.79 Å². The van der Waals surface area contributed by atoms with E-state index in [-0.39, 0.29) is 18.7 Å². The zero-order chi connectivity index (χ0) is 13.4. The molecule has 1 aromatic rings. The van der Waals surface area contributed by atoms with Gasteiger partial charge in [-0.2, -0.15) is 0 Å². The lowest BCUT2D eigenvalue weighted by Gasteiger charge is -2.14. The zero-order valence-corrected chi connectivity index (χ0v) is 11.6. The maximum Gasteiger partial charge on any atom is 0.315 e. The fraction of sp³-hybridized carbons (Fsp3) is 0.462. The highest BCUT2D eigenvalue weighted by atomic mass is 32.2. The summed E-state index contributed by atoms with van der Waals surface area (Å²) in [5.41, 5.74) is 1.06. The van der Waals surface area contributed by atoms with E-state index >= 15 is 0 Å². The van der Waals surface area contributed by atoms with Gasteiger partial charge in [0.25, 0.3) is 0 Å². The van der Waals surface area contributed by atoms with Crippen molar-refractivity contribution in [1.82, 2.24) is 10.6 Å². The van der Waals surface area contributed by atoms with Gasteiger partial charge in [0.15, 0.2) is 0 Å². The Labute approximate surface area is 112 Å². The molecule has 0 fully saturated rings. The molecule has 0 saturated heterocycles. The Morgan fingerprint density at radius 1 is 1.39 bits per heavy atom. The Morgan fingerprint density at radius 3 is 2.56 bits per heavy atom. The standard InChI is InChI=1S/C13H20N2O2S/c1-3-11(9-16)15-13(17)14-8-10-4-6-12(18-2)7-5-10/h4-7,11,16H,3,8-9H2,1-2H3,(H2,14,15,17). The number of amides is 2. The first-order chi connectivity index (χ1) is 8.69. The third-order valence-electron chi connectivity index (χ3n) is 2.66. The number of carbonyl (C=O) groups is 1. The lowest BCUT2D eigenvalue weighted by atomic mass is 10.2. The molecule has 0 aromatic heterocycles. The van der Waals surface area contributed by atoms with Crippen LogP contribution in [0.3, 0.4) is 0 Å². The maximum atomic E-state index is 11.5. The van der Waals surface area contributed by atoms with E-state index in [2.05, 4.69) is 10.6 Å². The predicted molar refractivity (Wildman–Crippen MR) is 74.8 cm³/mol. The van der Waals surface area contributed by atoms with Crippen LogP contribution in [0.5, 0.6) is 0 Å². The average Bonchev–Trinajstić information content (AvgIpc) is 2.43. The summed E-state index contributed by atoms with van der Waals surface area (Å²) in [6.45, 7) is 2.37. The quantitative estimate of drug-likeness (QED) is 0.691. The summed E-state index contributed by atoms with van der Waals surface area (Å²) in [7, 11) is 0. The second-order valence-electron chi connectivity index (χ2n) is 3.96. The molecule has 4 nitrogen and oxygen atoms in total. The Morgan fingerprint density at radius 2 is 2.06 bits per heavy atom. The summed E-state index contributed by atoms with van der Waals surface area (Å²) in [5, 5.41) is 14.4. The van der Waals surface area contributed by atoms with Crippen molar-refractivity contribution in [2.24, 2.45) is 0 Å².